The van der Waals surface area contributed by atoms with Crippen LogP contribution in [0.25, 0.3) is 0 Å². The van der Waals surface area contributed by atoms with E-state index in [-0.39, 0.29) is 5.56 Å². The van der Waals surface area contributed by atoms with Crippen molar-refractivity contribution in [2.24, 2.45) is 5.92 Å². The molecule has 0 aliphatic heterocycles. The van der Waals surface area contributed by atoms with Crippen molar-refractivity contribution in [3.05, 3.63) is 22.6 Å². The van der Waals surface area contributed by atoms with Gasteiger partial charge in [-0.25, -0.2) is 4.68 Å². The molecule has 1 unspecified atom stereocenters. The van der Waals surface area contributed by atoms with Gasteiger partial charge in [0.25, 0.3) is 5.56 Å². The maximum atomic E-state index is 11.6. The first-order chi connectivity index (χ1) is 7.17. The van der Waals surface area contributed by atoms with Gasteiger partial charge in [0, 0.05) is 19.2 Å². The second-order valence-electron chi connectivity index (χ2n) is 3.81. The van der Waals surface area contributed by atoms with Gasteiger partial charge in [-0.2, -0.15) is 5.10 Å². The van der Waals surface area contributed by atoms with E-state index in [1.165, 1.54) is 4.68 Å². The molecule has 84 valence electrons. The largest absolute Gasteiger partial charge is 0.384 e. The minimum absolute atomic E-state index is 0.0336. The van der Waals surface area contributed by atoms with Crippen LogP contribution < -0.4 is 10.9 Å². The van der Waals surface area contributed by atoms with Gasteiger partial charge in [-0.05, 0) is 12.8 Å². The van der Waals surface area contributed by atoms with Crippen LogP contribution in [0.5, 0.6) is 0 Å². The van der Waals surface area contributed by atoms with E-state index in [2.05, 4.69) is 24.3 Å². The third-order valence-electron chi connectivity index (χ3n) is 2.43. The molecule has 1 heterocycles. The van der Waals surface area contributed by atoms with Crippen molar-refractivity contribution < 1.29 is 0 Å². The quantitative estimate of drug-likeness (QED) is 0.803. The Hall–Kier alpha value is -1.32. The van der Waals surface area contributed by atoms with Crippen LogP contribution in [0.2, 0.25) is 0 Å². The molecule has 0 spiro atoms. The topological polar surface area (TPSA) is 46.9 Å². The summed E-state index contributed by atoms with van der Waals surface area (Å²) in [6.07, 6.45) is 2.76. The van der Waals surface area contributed by atoms with Crippen molar-refractivity contribution in [3.63, 3.8) is 0 Å². The van der Waals surface area contributed by atoms with E-state index in [0.717, 1.165) is 18.7 Å². The Kier molecular flexibility index (Phi) is 4.34. The highest BCUT2D eigenvalue weighted by molar-refractivity contribution is 5.38. The number of anilines is 1. The summed E-state index contributed by atoms with van der Waals surface area (Å²) in [7, 11) is 0. The highest BCUT2D eigenvalue weighted by Gasteiger charge is 2.03. The van der Waals surface area contributed by atoms with Gasteiger partial charge in [0.2, 0.25) is 0 Å². The van der Waals surface area contributed by atoms with Crippen LogP contribution in [0.15, 0.2) is 17.1 Å². The molecule has 0 aliphatic carbocycles. The van der Waals surface area contributed by atoms with Crippen molar-refractivity contribution in [2.45, 2.75) is 33.7 Å². The fourth-order valence-corrected chi connectivity index (χ4v) is 1.30. The molecule has 1 N–H and O–H groups in total. The SMILES string of the molecule is CCNc1cnn(CC(C)CC)c(=O)c1. The Morgan fingerprint density at radius 3 is 2.80 bits per heavy atom. The standard InChI is InChI=1S/C11H19N3O/c1-4-9(3)8-14-11(15)6-10(7-13-14)12-5-2/h6-7,9,12H,4-5,8H2,1-3H3. The maximum absolute atomic E-state index is 11.6. The molecule has 0 aliphatic rings. The van der Waals surface area contributed by atoms with Gasteiger partial charge in [0.15, 0.2) is 0 Å². The molecule has 1 atom stereocenters. The van der Waals surface area contributed by atoms with Crippen LogP contribution in [0.3, 0.4) is 0 Å². The lowest BCUT2D eigenvalue weighted by Crippen LogP contribution is -2.25. The normalized spacial score (nSPS) is 12.5. The number of aromatic nitrogens is 2. The zero-order valence-electron chi connectivity index (χ0n) is 9.66. The van der Waals surface area contributed by atoms with Crippen LogP contribution in [-0.4, -0.2) is 16.3 Å². The Balaban J connectivity index is 2.79. The second kappa shape index (κ2) is 5.53. The molecule has 4 heteroatoms. The predicted octanol–water partition coefficient (Wildman–Crippen LogP) is 1.72. The fourth-order valence-electron chi connectivity index (χ4n) is 1.30. The number of nitrogens with one attached hydrogen (secondary N) is 1. The first-order valence-electron chi connectivity index (χ1n) is 5.48. The second-order valence-corrected chi connectivity index (χ2v) is 3.81. The Morgan fingerprint density at radius 2 is 2.27 bits per heavy atom. The van der Waals surface area contributed by atoms with Crippen LogP contribution in [0, 0.1) is 5.92 Å². The molecule has 4 nitrogen and oxygen atoms in total. The summed E-state index contributed by atoms with van der Waals surface area (Å²) in [6.45, 7) is 7.72. The smallest absolute Gasteiger partial charge is 0.268 e. The third-order valence-corrected chi connectivity index (χ3v) is 2.43. The summed E-state index contributed by atoms with van der Waals surface area (Å²) in [6, 6.07) is 1.60. The molecule has 0 fully saturated rings. The monoisotopic (exact) mass is 209 g/mol. The molecule has 0 saturated heterocycles. The molecule has 1 rings (SSSR count). The Bertz CT molecular complexity index is 359. The van der Waals surface area contributed by atoms with E-state index in [1.54, 1.807) is 12.3 Å². The van der Waals surface area contributed by atoms with Gasteiger partial charge in [-0.15, -0.1) is 0 Å². The van der Waals surface area contributed by atoms with Gasteiger partial charge in [-0.3, -0.25) is 4.79 Å². The summed E-state index contributed by atoms with van der Waals surface area (Å²) in [4.78, 5) is 11.6. The van der Waals surface area contributed by atoms with E-state index in [0.29, 0.717) is 12.5 Å². The van der Waals surface area contributed by atoms with Crippen LogP contribution >= 0.6 is 0 Å². The van der Waals surface area contributed by atoms with E-state index < -0.39 is 0 Å². The maximum Gasteiger partial charge on any atom is 0.268 e. The van der Waals surface area contributed by atoms with Crippen LogP contribution in [-0.2, 0) is 6.54 Å². The molecule has 15 heavy (non-hydrogen) atoms. The predicted molar refractivity (Wildman–Crippen MR) is 62.1 cm³/mol. The molecule has 0 amide bonds. The van der Waals surface area contributed by atoms with E-state index in [9.17, 15) is 4.79 Å². The average Bonchev–Trinajstić information content (AvgIpc) is 2.22. The molecular formula is C11H19N3O. The van der Waals surface area contributed by atoms with E-state index >= 15 is 0 Å². The first-order valence-corrected chi connectivity index (χ1v) is 5.48. The summed E-state index contributed by atoms with van der Waals surface area (Å²) < 4.78 is 1.52. The molecule has 0 aromatic carbocycles. The lowest BCUT2D eigenvalue weighted by atomic mass is 10.1. The minimum atomic E-state index is -0.0336. The summed E-state index contributed by atoms with van der Waals surface area (Å²) in [5, 5.41) is 7.19. The first kappa shape index (κ1) is 11.8. The van der Waals surface area contributed by atoms with Crippen LogP contribution in [0.1, 0.15) is 27.2 Å². The highest BCUT2D eigenvalue weighted by atomic mass is 16.1. The van der Waals surface area contributed by atoms with Crippen molar-refractivity contribution in [2.75, 3.05) is 11.9 Å². The zero-order valence-corrected chi connectivity index (χ0v) is 9.66. The lowest BCUT2D eigenvalue weighted by Gasteiger charge is -2.10. The van der Waals surface area contributed by atoms with Gasteiger partial charge in [-0.1, -0.05) is 20.3 Å². The van der Waals surface area contributed by atoms with Crippen molar-refractivity contribution >= 4 is 5.69 Å². The van der Waals surface area contributed by atoms with E-state index in [1.807, 2.05) is 6.92 Å². The third kappa shape index (κ3) is 3.38. The summed E-state index contributed by atoms with van der Waals surface area (Å²) >= 11 is 0. The molecule has 1 aromatic rings. The van der Waals surface area contributed by atoms with Gasteiger partial charge < -0.3 is 5.32 Å². The zero-order chi connectivity index (χ0) is 11.3. The fraction of sp³-hybridized carbons (Fsp3) is 0.636. The summed E-state index contributed by atoms with van der Waals surface area (Å²) in [5.41, 5.74) is 0.761. The number of hydrogen-bond donors (Lipinski definition) is 1. The summed E-state index contributed by atoms with van der Waals surface area (Å²) in [5.74, 6) is 0.486. The number of rotatable bonds is 5. The molecule has 0 bridgehead atoms. The van der Waals surface area contributed by atoms with Crippen molar-refractivity contribution in [3.8, 4) is 0 Å². The number of nitrogens with zero attached hydrogens (tertiary/aromatic N) is 2. The molecule has 0 saturated carbocycles. The average molecular weight is 209 g/mol. The van der Waals surface area contributed by atoms with E-state index in [4.69, 9.17) is 0 Å². The lowest BCUT2D eigenvalue weighted by molar-refractivity contribution is 0.424. The van der Waals surface area contributed by atoms with Gasteiger partial charge in [0.1, 0.15) is 0 Å². The van der Waals surface area contributed by atoms with Gasteiger partial charge in [0.05, 0.1) is 11.9 Å². The highest BCUT2D eigenvalue weighted by Crippen LogP contribution is 2.03. The van der Waals surface area contributed by atoms with Crippen molar-refractivity contribution in [1.82, 2.24) is 9.78 Å². The Morgan fingerprint density at radius 1 is 1.53 bits per heavy atom. The molecular weight excluding hydrogens is 190 g/mol. The number of hydrogen-bond acceptors (Lipinski definition) is 3. The molecule has 0 radical (unpaired) electrons. The molecule has 1 aromatic heterocycles. The minimum Gasteiger partial charge on any atom is -0.384 e. The van der Waals surface area contributed by atoms with Crippen molar-refractivity contribution in [1.29, 1.82) is 0 Å². The van der Waals surface area contributed by atoms with Crippen LogP contribution in [0.4, 0.5) is 5.69 Å². The Labute approximate surface area is 90.3 Å². The van der Waals surface area contributed by atoms with Gasteiger partial charge >= 0.3 is 0 Å².